The van der Waals surface area contributed by atoms with Crippen LogP contribution in [-0.4, -0.2) is 0 Å². The van der Waals surface area contributed by atoms with Gasteiger partial charge < -0.3 is 0 Å². The summed E-state index contributed by atoms with van der Waals surface area (Å²) in [7, 11) is 0. The van der Waals surface area contributed by atoms with Crippen molar-refractivity contribution in [1.82, 2.24) is 0 Å². The van der Waals surface area contributed by atoms with Crippen molar-refractivity contribution in [2.45, 2.75) is 46.5 Å². The third-order valence-corrected chi connectivity index (χ3v) is 4.69. The lowest BCUT2D eigenvalue weighted by molar-refractivity contribution is 0.170. The predicted molar refractivity (Wildman–Crippen MR) is 52.9 cm³/mol. The first-order valence-corrected chi connectivity index (χ1v) is 5.70. The van der Waals surface area contributed by atoms with Crippen molar-refractivity contribution in [3.05, 3.63) is 0 Å². The van der Waals surface area contributed by atoms with Gasteiger partial charge in [-0.1, -0.05) is 33.6 Å². The molecule has 0 aliphatic heterocycles. The van der Waals surface area contributed by atoms with Gasteiger partial charge in [0.25, 0.3) is 0 Å². The highest BCUT2D eigenvalue weighted by Gasteiger charge is 2.42. The minimum atomic E-state index is 1.00. The van der Waals surface area contributed by atoms with Crippen LogP contribution in [0.15, 0.2) is 0 Å². The van der Waals surface area contributed by atoms with E-state index in [1.807, 2.05) is 0 Å². The molecule has 2 aliphatic rings. The fourth-order valence-electron chi connectivity index (χ4n) is 3.65. The molecule has 2 rings (SSSR count). The van der Waals surface area contributed by atoms with Gasteiger partial charge >= 0.3 is 0 Å². The summed E-state index contributed by atoms with van der Waals surface area (Å²) in [5.41, 5.74) is 0. The minimum Gasteiger partial charge on any atom is -0.0622 e. The fraction of sp³-hybridized carbons (Fsp3) is 1.00. The Kier molecular flexibility index (Phi) is 2.18. The number of hydrogen-bond donors (Lipinski definition) is 0. The monoisotopic (exact) mass is 166 g/mol. The molecule has 3 unspecified atom stereocenters. The first kappa shape index (κ1) is 8.59. The van der Waals surface area contributed by atoms with E-state index < -0.39 is 0 Å². The molecule has 0 aromatic rings. The summed E-state index contributed by atoms with van der Waals surface area (Å²) in [5, 5.41) is 0. The lowest BCUT2D eigenvalue weighted by Crippen LogP contribution is -2.24. The molecule has 2 fully saturated rings. The van der Waals surface area contributed by atoms with Crippen LogP contribution in [0.5, 0.6) is 0 Å². The summed E-state index contributed by atoms with van der Waals surface area (Å²) in [6.07, 6.45) is 6.05. The highest BCUT2D eigenvalue weighted by Crippen LogP contribution is 2.50. The molecule has 2 aliphatic carbocycles. The molecule has 2 saturated carbocycles. The zero-order valence-electron chi connectivity index (χ0n) is 8.72. The SMILES string of the molecule is CC1C[C@@H]2C(C)CCC[C@@H]2C1C. The molecule has 0 heterocycles. The first-order chi connectivity index (χ1) is 5.70. The molecule has 0 bridgehead atoms. The van der Waals surface area contributed by atoms with Crippen LogP contribution in [-0.2, 0) is 0 Å². The van der Waals surface area contributed by atoms with E-state index in [9.17, 15) is 0 Å². The highest BCUT2D eigenvalue weighted by molar-refractivity contribution is 4.91. The van der Waals surface area contributed by atoms with Crippen molar-refractivity contribution < 1.29 is 0 Å². The molecule has 0 heteroatoms. The Morgan fingerprint density at radius 2 is 1.58 bits per heavy atom. The Morgan fingerprint density at radius 3 is 2.25 bits per heavy atom. The Labute approximate surface area is 76.7 Å². The van der Waals surface area contributed by atoms with Crippen molar-refractivity contribution in [1.29, 1.82) is 0 Å². The van der Waals surface area contributed by atoms with E-state index in [1.165, 1.54) is 25.7 Å². The first-order valence-electron chi connectivity index (χ1n) is 5.70. The maximum atomic E-state index is 2.48. The maximum absolute atomic E-state index is 2.48. The van der Waals surface area contributed by atoms with Gasteiger partial charge in [-0.05, 0) is 42.4 Å². The molecule has 0 aromatic carbocycles. The van der Waals surface area contributed by atoms with Crippen LogP contribution in [0.3, 0.4) is 0 Å². The number of hydrogen-bond acceptors (Lipinski definition) is 0. The van der Waals surface area contributed by atoms with E-state index in [-0.39, 0.29) is 0 Å². The second-order valence-corrected chi connectivity index (χ2v) is 5.31. The second kappa shape index (κ2) is 3.05. The van der Waals surface area contributed by atoms with Crippen LogP contribution in [0.1, 0.15) is 46.5 Å². The smallest absolute Gasteiger partial charge is 0.0355 e. The van der Waals surface area contributed by atoms with Crippen molar-refractivity contribution in [3.63, 3.8) is 0 Å². The highest BCUT2D eigenvalue weighted by atomic mass is 14.5. The molecular formula is C12H22. The fourth-order valence-corrected chi connectivity index (χ4v) is 3.65. The Morgan fingerprint density at radius 1 is 0.833 bits per heavy atom. The van der Waals surface area contributed by atoms with Gasteiger partial charge in [0, 0.05) is 0 Å². The molecule has 0 N–H and O–H groups in total. The molecule has 0 saturated heterocycles. The molecule has 0 nitrogen and oxygen atoms in total. The van der Waals surface area contributed by atoms with Gasteiger partial charge in [-0.15, -0.1) is 0 Å². The van der Waals surface area contributed by atoms with E-state index in [4.69, 9.17) is 0 Å². The molecule has 12 heavy (non-hydrogen) atoms. The lowest BCUT2D eigenvalue weighted by Gasteiger charge is -2.33. The van der Waals surface area contributed by atoms with Crippen LogP contribution in [0.25, 0.3) is 0 Å². The van der Waals surface area contributed by atoms with Crippen molar-refractivity contribution in [2.75, 3.05) is 0 Å². The van der Waals surface area contributed by atoms with Crippen molar-refractivity contribution in [3.8, 4) is 0 Å². The third-order valence-electron chi connectivity index (χ3n) is 4.69. The van der Waals surface area contributed by atoms with Gasteiger partial charge in [-0.3, -0.25) is 0 Å². The van der Waals surface area contributed by atoms with E-state index in [0.717, 1.165) is 29.6 Å². The third kappa shape index (κ3) is 1.20. The molecule has 0 radical (unpaired) electrons. The van der Waals surface area contributed by atoms with E-state index in [0.29, 0.717) is 0 Å². The number of fused-ring (bicyclic) bond motifs is 1. The van der Waals surface area contributed by atoms with Crippen LogP contribution in [0.4, 0.5) is 0 Å². The van der Waals surface area contributed by atoms with Gasteiger partial charge in [0.2, 0.25) is 0 Å². The molecular weight excluding hydrogens is 144 g/mol. The predicted octanol–water partition coefficient (Wildman–Crippen LogP) is 3.71. The van der Waals surface area contributed by atoms with Gasteiger partial charge in [-0.25, -0.2) is 0 Å². The molecule has 5 atom stereocenters. The summed E-state index contributed by atoms with van der Waals surface area (Å²) < 4.78 is 0. The topological polar surface area (TPSA) is 0 Å². The quantitative estimate of drug-likeness (QED) is 0.514. The molecule has 0 spiro atoms. The molecule has 0 amide bonds. The van der Waals surface area contributed by atoms with Crippen molar-refractivity contribution >= 4 is 0 Å². The summed E-state index contributed by atoms with van der Waals surface area (Å²) in [6.45, 7) is 7.41. The zero-order valence-corrected chi connectivity index (χ0v) is 8.72. The van der Waals surface area contributed by atoms with Crippen molar-refractivity contribution in [2.24, 2.45) is 29.6 Å². The van der Waals surface area contributed by atoms with Gasteiger partial charge in [0.15, 0.2) is 0 Å². The average Bonchev–Trinajstić information content (AvgIpc) is 2.32. The summed E-state index contributed by atoms with van der Waals surface area (Å²) in [5.74, 6) is 5.21. The van der Waals surface area contributed by atoms with Crippen LogP contribution >= 0.6 is 0 Å². The van der Waals surface area contributed by atoms with Gasteiger partial charge in [-0.2, -0.15) is 0 Å². The molecule has 0 aromatic heterocycles. The Hall–Kier alpha value is 0. The van der Waals surface area contributed by atoms with E-state index in [1.54, 1.807) is 0 Å². The summed E-state index contributed by atoms with van der Waals surface area (Å²) in [6, 6.07) is 0. The summed E-state index contributed by atoms with van der Waals surface area (Å²) >= 11 is 0. The van der Waals surface area contributed by atoms with E-state index >= 15 is 0 Å². The average molecular weight is 166 g/mol. The zero-order chi connectivity index (χ0) is 8.72. The normalized spacial score (nSPS) is 53.8. The Bertz CT molecular complexity index is 161. The standard InChI is InChI=1S/C12H22/c1-8-5-4-6-11-10(3)9(2)7-12(8)11/h8-12H,4-7H2,1-3H3/t8?,9?,10?,11-,12-/m1/s1. The van der Waals surface area contributed by atoms with Gasteiger partial charge in [0.05, 0.1) is 0 Å². The summed E-state index contributed by atoms with van der Waals surface area (Å²) in [4.78, 5) is 0. The van der Waals surface area contributed by atoms with Gasteiger partial charge in [0.1, 0.15) is 0 Å². The Balaban J connectivity index is 2.10. The van der Waals surface area contributed by atoms with Crippen LogP contribution in [0.2, 0.25) is 0 Å². The van der Waals surface area contributed by atoms with E-state index in [2.05, 4.69) is 20.8 Å². The minimum absolute atomic E-state index is 1.00. The van der Waals surface area contributed by atoms with Crippen LogP contribution < -0.4 is 0 Å². The number of rotatable bonds is 0. The van der Waals surface area contributed by atoms with Crippen LogP contribution in [0, 0.1) is 29.6 Å². The lowest BCUT2D eigenvalue weighted by atomic mass is 9.73. The largest absolute Gasteiger partial charge is 0.0622 e. The molecule has 70 valence electrons. The maximum Gasteiger partial charge on any atom is -0.0355 e. The second-order valence-electron chi connectivity index (χ2n) is 5.31.